The average Bonchev–Trinajstić information content (AvgIpc) is 3.80. The van der Waals surface area contributed by atoms with Crippen LogP contribution in [0.15, 0.2) is 109 Å². The Morgan fingerprint density at radius 2 is 0.825 bits per heavy atom. The number of aromatic nitrogens is 4. The summed E-state index contributed by atoms with van der Waals surface area (Å²) in [6.07, 6.45) is 4.19. The maximum atomic E-state index is 3.55. The van der Waals surface area contributed by atoms with Gasteiger partial charge in [-0.25, -0.2) is 0 Å². The Balaban J connectivity index is 1.43. The molecule has 0 fully saturated rings. The zero-order valence-corrected chi connectivity index (χ0v) is 21.5. The Morgan fingerprint density at radius 1 is 0.375 bits per heavy atom. The molecular weight excluding hydrogens is 488 g/mol. The molecule has 8 bridgehead atoms. The zero-order chi connectivity index (χ0) is 26.7. The molecule has 1 aliphatic heterocycles. The highest BCUT2D eigenvalue weighted by atomic mass is 14.8. The van der Waals surface area contributed by atoms with Gasteiger partial charge in [-0.3, -0.25) is 0 Å². The fraction of sp³-hybridized carbons (Fsp3) is 0. The number of nitrogens with one attached hydrogen (secondary N) is 4. The van der Waals surface area contributed by atoms with E-state index in [1.54, 1.807) is 0 Å². The molecule has 0 radical (unpaired) electrons. The van der Waals surface area contributed by atoms with E-state index >= 15 is 0 Å². The first-order valence-corrected chi connectivity index (χ1v) is 13.1. The molecule has 0 unspecified atom stereocenters. The average molecular weight is 513 g/mol. The molecule has 0 saturated carbocycles. The second-order valence-electron chi connectivity index (χ2n) is 9.58. The summed E-state index contributed by atoms with van der Waals surface area (Å²) in [5.74, 6) is 13.5. The van der Waals surface area contributed by atoms with Gasteiger partial charge < -0.3 is 19.9 Å². The van der Waals surface area contributed by atoms with E-state index in [1.165, 1.54) is 0 Å². The summed E-state index contributed by atoms with van der Waals surface area (Å²) in [6.45, 7) is 0. The third-order valence-corrected chi connectivity index (χ3v) is 6.74. The predicted octanol–water partition coefficient (Wildman–Crippen LogP) is 3.47. The van der Waals surface area contributed by atoms with Gasteiger partial charge >= 0.3 is 0 Å². The van der Waals surface area contributed by atoms with Crippen LogP contribution in [-0.4, -0.2) is 19.9 Å². The number of H-pyrrole nitrogens is 4. The summed E-state index contributed by atoms with van der Waals surface area (Å²) in [7, 11) is 0. The topological polar surface area (TPSA) is 63.2 Å². The lowest BCUT2D eigenvalue weighted by Gasteiger charge is -1.97. The van der Waals surface area contributed by atoms with Crippen molar-refractivity contribution in [1.29, 1.82) is 0 Å². The second kappa shape index (κ2) is 10.1. The maximum absolute atomic E-state index is 3.55. The monoisotopic (exact) mass is 512 g/mol. The fourth-order valence-electron chi connectivity index (χ4n) is 4.77. The number of fused-ring (bicyclic) bond motifs is 8. The van der Waals surface area contributed by atoms with E-state index in [-0.39, 0.29) is 0 Å². The largest absolute Gasteiger partial charge is 0.354 e. The summed E-state index contributed by atoms with van der Waals surface area (Å²) >= 11 is 0. The van der Waals surface area contributed by atoms with Gasteiger partial charge in [0, 0.05) is 33.2 Å². The number of aromatic amines is 4. The van der Waals surface area contributed by atoms with Crippen molar-refractivity contribution in [3.8, 4) is 23.7 Å². The molecule has 4 aromatic heterocycles. The predicted molar refractivity (Wildman–Crippen MR) is 160 cm³/mol. The molecule has 0 amide bonds. The van der Waals surface area contributed by atoms with E-state index in [2.05, 4.69) is 104 Å². The van der Waals surface area contributed by atoms with Crippen LogP contribution in [0.2, 0.25) is 0 Å². The molecule has 5 heterocycles. The van der Waals surface area contributed by atoms with Gasteiger partial charge in [0.15, 0.2) is 0 Å². The number of rotatable bonds is 0. The summed E-state index contributed by atoms with van der Waals surface area (Å²) in [5, 5.41) is 3.86. The Hall–Kier alpha value is -5.84. The molecule has 6 aromatic rings. The van der Waals surface area contributed by atoms with Crippen LogP contribution in [0.25, 0.3) is 23.3 Å². The van der Waals surface area contributed by atoms with Gasteiger partial charge in [0.25, 0.3) is 0 Å². The smallest absolute Gasteiger partial charge is 0.0719 e. The standard InChI is InChI=1S/C36H24N4/c1-3-7-25(8-4-1)11-17-31-33-19-13-27(37-33)23-29-15-21-35(39-29)32(18-12-26-9-5-2-6-10-26)36-22-16-30(40-36)24-28-14-20-34(31)38-28/h1-10,13-16,19-24,37-40H. The van der Waals surface area contributed by atoms with Crippen LogP contribution in [-0.2, 0) is 0 Å². The molecule has 188 valence electrons. The van der Waals surface area contributed by atoms with Crippen molar-refractivity contribution in [3.05, 3.63) is 164 Å². The first-order chi connectivity index (χ1) is 19.8. The van der Waals surface area contributed by atoms with Crippen LogP contribution in [0, 0.1) is 23.7 Å². The Labute approximate surface area is 231 Å². The Kier molecular flexibility index (Phi) is 5.90. The molecule has 2 aromatic carbocycles. The number of hydrogen-bond acceptors (Lipinski definition) is 0. The minimum atomic E-state index is 0.904. The van der Waals surface area contributed by atoms with Gasteiger partial charge in [0.1, 0.15) is 0 Å². The molecule has 40 heavy (non-hydrogen) atoms. The Morgan fingerprint density at radius 3 is 1.27 bits per heavy atom. The van der Waals surface area contributed by atoms with E-state index in [1.807, 2.05) is 60.7 Å². The van der Waals surface area contributed by atoms with Crippen molar-refractivity contribution >= 4 is 23.3 Å². The molecule has 0 spiro atoms. The SMILES string of the molecule is C(#Cc1ccccc1)C1=c2ccc([nH]2)=Cc2ccc([nH]2)C(C#Cc2ccccc2)=c2ccc([nH]2)=Cc2ccc1[nH]2. The first-order valence-electron chi connectivity index (χ1n) is 13.1. The third-order valence-electron chi connectivity index (χ3n) is 6.74. The lowest BCUT2D eigenvalue weighted by atomic mass is 10.1. The Bertz CT molecular complexity index is 2050. The molecule has 1 aliphatic rings. The van der Waals surface area contributed by atoms with Gasteiger partial charge in [-0.1, -0.05) is 60.1 Å². The third kappa shape index (κ3) is 4.86. The van der Waals surface area contributed by atoms with Crippen molar-refractivity contribution in [2.24, 2.45) is 0 Å². The lowest BCUT2D eigenvalue weighted by molar-refractivity contribution is 1.22. The highest BCUT2D eigenvalue weighted by Crippen LogP contribution is 2.13. The minimum Gasteiger partial charge on any atom is -0.354 e. The molecule has 4 N–H and O–H groups in total. The lowest BCUT2D eigenvalue weighted by Crippen LogP contribution is -2.14. The molecule has 7 rings (SSSR count). The maximum Gasteiger partial charge on any atom is 0.0719 e. The van der Waals surface area contributed by atoms with Crippen molar-refractivity contribution in [3.63, 3.8) is 0 Å². The van der Waals surface area contributed by atoms with E-state index in [0.29, 0.717) is 0 Å². The van der Waals surface area contributed by atoms with E-state index in [4.69, 9.17) is 0 Å². The van der Waals surface area contributed by atoms with Crippen LogP contribution in [0.3, 0.4) is 0 Å². The highest BCUT2D eigenvalue weighted by Gasteiger charge is 2.07. The fourth-order valence-corrected chi connectivity index (χ4v) is 4.77. The number of hydrogen-bond donors (Lipinski definition) is 4. The molecule has 0 saturated heterocycles. The van der Waals surface area contributed by atoms with Crippen LogP contribution in [0.4, 0.5) is 0 Å². The van der Waals surface area contributed by atoms with Gasteiger partial charge in [0.05, 0.1) is 33.2 Å². The first kappa shape index (κ1) is 23.3. The van der Waals surface area contributed by atoms with E-state index in [0.717, 1.165) is 66.4 Å². The second-order valence-corrected chi connectivity index (χ2v) is 9.58. The summed E-state index contributed by atoms with van der Waals surface area (Å²) in [4.78, 5) is 14.2. The minimum absolute atomic E-state index is 0.904. The summed E-state index contributed by atoms with van der Waals surface area (Å²) in [6, 6.07) is 36.7. The zero-order valence-electron chi connectivity index (χ0n) is 21.5. The molecule has 0 aliphatic carbocycles. The van der Waals surface area contributed by atoms with Crippen LogP contribution in [0.1, 0.15) is 33.9 Å². The molecule has 0 atom stereocenters. The van der Waals surface area contributed by atoms with Gasteiger partial charge in [-0.15, -0.1) is 0 Å². The summed E-state index contributed by atoms with van der Waals surface area (Å²) in [5.41, 5.74) is 7.61. The van der Waals surface area contributed by atoms with E-state index in [9.17, 15) is 0 Å². The van der Waals surface area contributed by atoms with E-state index < -0.39 is 0 Å². The molecule has 4 nitrogen and oxygen atoms in total. The van der Waals surface area contributed by atoms with Crippen molar-refractivity contribution in [2.45, 2.75) is 0 Å². The normalized spacial score (nSPS) is 11.9. The van der Waals surface area contributed by atoms with Crippen LogP contribution < -0.4 is 21.4 Å². The summed E-state index contributed by atoms with van der Waals surface area (Å²) < 4.78 is 0. The van der Waals surface area contributed by atoms with Crippen LogP contribution >= 0.6 is 0 Å². The van der Waals surface area contributed by atoms with Crippen molar-refractivity contribution in [1.82, 2.24) is 19.9 Å². The highest BCUT2D eigenvalue weighted by molar-refractivity contribution is 5.79. The van der Waals surface area contributed by atoms with Crippen molar-refractivity contribution in [2.75, 3.05) is 0 Å². The van der Waals surface area contributed by atoms with Gasteiger partial charge in [-0.2, -0.15) is 0 Å². The van der Waals surface area contributed by atoms with Gasteiger partial charge in [-0.05, 0) is 84.9 Å². The van der Waals surface area contributed by atoms with Crippen LogP contribution in [0.5, 0.6) is 0 Å². The van der Waals surface area contributed by atoms with Gasteiger partial charge in [0.2, 0.25) is 0 Å². The molecular formula is C36H24N4. The number of benzene rings is 2. The molecule has 4 heteroatoms. The van der Waals surface area contributed by atoms with Crippen molar-refractivity contribution < 1.29 is 0 Å². The quantitative estimate of drug-likeness (QED) is 0.225.